The molecule has 1 aliphatic rings. The van der Waals surface area contributed by atoms with Gasteiger partial charge in [-0.2, -0.15) is 0 Å². The van der Waals surface area contributed by atoms with Gasteiger partial charge in [0.1, 0.15) is 0 Å². The van der Waals surface area contributed by atoms with Crippen LogP contribution in [0.1, 0.15) is 24.0 Å². The van der Waals surface area contributed by atoms with Crippen LogP contribution in [0.25, 0.3) is 0 Å². The Morgan fingerprint density at radius 1 is 1.24 bits per heavy atom. The van der Waals surface area contributed by atoms with Crippen LogP contribution < -0.4 is 5.32 Å². The number of hydrogen-bond acceptors (Lipinski definition) is 2. The summed E-state index contributed by atoms with van der Waals surface area (Å²) in [6.07, 6.45) is 1.89. The molecule has 1 aromatic carbocycles. The number of urea groups is 1. The zero-order valence-electron chi connectivity index (χ0n) is 12.3. The molecule has 0 radical (unpaired) electrons. The van der Waals surface area contributed by atoms with Crippen molar-refractivity contribution < 1.29 is 14.7 Å². The molecule has 114 valence electrons. The molecule has 2 rings (SSSR count). The van der Waals surface area contributed by atoms with Gasteiger partial charge in [0.15, 0.2) is 0 Å². The Labute approximate surface area is 125 Å². The minimum absolute atomic E-state index is 0.0917. The van der Waals surface area contributed by atoms with E-state index < -0.39 is 5.97 Å². The second-order valence-electron chi connectivity index (χ2n) is 5.57. The quantitative estimate of drug-likeness (QED) is 0.891. The molecule has 0 spiro atoms. The molecule has 0 aliphatic carbocycles. The summed E-state index contributed by atoms with van der Waals surface area (Å²) in [6.45, 7) is 3.69. The average Bonchev–Trinajstić information content (AvgIpc) is 2.49. The third-order valence-electron chi connectivity index (χ3n) is 3.94. The van der Waals surface area contributed by atoms with Gasteiger partial charge in [0.25, 0.3) is 0 Å². The number of aliphatic carboxylic acids is 1. The topological polar surface area (TPSA) is 69.6 Å². The number of carbonyl (C=O) groups excluding carboxylic acids is 1. The van der Waals surface area contributed by atoms with E-state index in [2.05, 4.69) is 29.6 Å². The van der Waals surface area contributed by atoms with Crippen molar-refractivity contribution in [2.24, 2.45) is 5.92 Å². The number of likely N-dealkylation sites (tertiary alicyclic amines) is 1. The van der Waals surface area contributed by atoms with Crippen LogP contribution in [0.3, 0.4) is 0 Å². The van der Waals surface area contributed by atoms with Gasteiger partial charge in [0, 0.05) is 19.6 Å². The van der Waals surface area contributed by atoms with Gasteiger partial charge in [-0.3, -0.25) is 4.79 Å². The van der Waals surface area contributed by atoms with Crippen LogP contribution in [-0.2, 0) is 11.2 Å². The Kier molecular flexibility index (Phi) is 5.20. The number of piperidine rings is 1. The second kappa shape index (κ2) is 7.11. The highest BCUT2D eigenvalue weighted by Crippen LogP contribution is 2.17. The average molecular weight is 290 g/mol. The first-order valence-corrected chi connectivity index (χ1v) is 7.37. The Balaban J connectivity index is 1.70. The van der Waals surface area contributed by atoms with Crippen molar-refractivity contribution in [3.05, 3.63) is 35.4 Å². The lowest BCUT2D eigenvalue weighted by Gasteiger charge is -2.30. The van der Waals surface area contributed by atoms with E-state index in [-0.39, 0.29) is 11.9 Å². The zero-order chi connectivity index (χ0) is 15.2. The number of benzene rings is 1. The standard InChI is InChI=1S/C16H22N2O3/c1-12-2-4-13(5-3-12)6-9-17-16(21)18-10-7-14(8-11-18)15(19)20/h2-5,14H,6-11H2,1H3,(H,17,21)(H,19,20). The highest BCUT2D eigenvalue weighted by molar-refractivity contribution is 5.75. The summed E-state index contributed by atoms with van der Waals surface area (Å²) < 4.78 is 0. The predicted molar refractivity (Wildman–Crippen MR) is 80.2 cm³/mol. The SMILES string of the molecule is Cc1ccc(CCNC(=O)N2CCC(C(=O)O)CC2)cc1. The largest absolute Gasteiger partial charge is 0.481 e. The van der Waals surface area contributed by atoms with Crippen LogP contribution in [0.2, 0.25) is 0 Å². The highest BCUT2D eigenvalue weighted by Gasteiger charge is 2.26. The van der Waals surface area contributed by atoms with Gasteiger partial charge in [-0.1, -0.05) is 29.8 Å². The van der Waals surface area contributed by atoms with Crippen LogP contribution in [0, 0.1) is 12.8 Å². The molecular weight excluding hydrogens is 268 g/mol. The third kappa shape index (κ3) is 4.48. The highest BCUT2D eigenvalue weighted by atomic mass is 16.4. The van der Waals surface area contributed by atoms with Crippen molar-refractivity contribution in [2.45, 2.75) is 26.2 Å². The fraction of sp³-hybridized carbons (Fsp3) is 0.500. The first-order chi connectivity index (χ1) is 10.1. The van der Waals surface area contributed by atoms with E-state index in [0.29, 0.717) is 32.5 Å². The second-order valence-corrected chi connectivity index (χ2v) is 5.57. The lowest BCUT2D eigenvalue weighted by molar-refractivity contribution is -0.143. The fourth-order valence-electron chi connectivity index (χ4n) is 2.51. The molecule has 5 heteroatoms. The summed E-state index contributed by atoms with van der Waals surface area (Å²) in [5.74, 6) is -1.06. The summed E-state index contributed by atoms with van der Waals surface area (Å²) >= 11 is 0. The van der Waals surface area contributed by atoms with Crippen molar-refractivity contribution in [1.29, 1.82) is 0 Å². The van der Waals surface area contributed by atoms with E-state index in [0.717, 1.165) is 6.42 Å². The smallest absolute Gasteiger partial charge is 0.317 e. The van der Waals surface area contributed by atoms with Crippen LogP contribution in [-0.4, -0.2) is 41.6 Å². The molecule has 0 saturated carbocycles. The van der Waals surface area contributed by atoms with Crippen LogP contribution >= 0.6 is 0 Å². The number of aryl methyl sites for hydroxylation is 1. The van der Waals surface area contributed by atoms with Crippen LogP contribution in [0.5, 0.6) is 0 Å². The van der Waals surface area contributed by atoms with E-state index >= 15 is 0 Å². The van der Waals surface area contributed by atoms with Gasteiger partial charge >= 0.3 is 12.0 Å². The van der Waals surface area contributed by atoms with Crippen molar-refractivity contribution >= 4 is 12.0 Å². The first kappa shape index (κ1) is 15.4. The molecule has 21 heavy (non-hydrogen) atoms. The zero-order valence-corrected chi connectivity index (χ0v) is 12.3. The first-order valence-electron chi connectivity index (χ1n) is 7.37. The fourth-order valence-corrected chi connectivity index (χ4v) is 2.51. The molecule has 0 atom stereocenters. The van der Waals surface area contributed by atoms with Gasteiger partial charge in [-0.15, -0.1) is 0 Å². The number of nitrogens with one attached hydrogen (secondary N) is 1. The van der Waals surface area contributed by atoms with Crippen molar-refractivity contribution in [3.8, 4) is 0 Å². The molecule has 0 aromatic heterocycles. The summed E-state index contributed by atoms with van der Waals surface area (Å²) in [5.41, 5.74) is 2.43. The molecule has 2 amide bonds. The number of rotatable bonds is 4. The van der Waals surface area contributed by atoms with E-state index in [1.807, 2.05) is 6.92 Å². The number of carboxylic acid groups (broad SMARTS) is 1. The molecule has 1 fully saturated rings. The maximum absolute atomic E-state index is 12.0. The van der Waals surface area contributed by atoms with E-state index in [1.54, 1.807) is 4.90 Å². The molecule has 2 N–H and O–H groups in total. The van der Waals surface area contributed by atoms with Gasteiger partial charge < -0.3 is 15.3 Å². The number of nitrogens with zero attached hydrogens (tertiary/aromatic N) is 1. The molecular formula is C16H22N2O3. The third-order valence-corrected chi connectivity index (χ3v) is 3.94. The van der Waals surface area contributed by atoms with E-state index in [9.17, 15) is 9.59 Å². The lowest BCUT2D eigenvalue weighted by atomic mass is 9.97. The molecule has 0 bridgehead atoms. The van der Waals surface area contributed by atoms with Crippen molar-refractivity contribution in [1.82, 2.24) is 10.2 Å². The molecule has 1 heterocycles. The maximum atomic E-state index is 12.0. The number of carbonyl (C=O) groups is 2. The number of hydrogen-bond donors (Lipinski definition) is 2. The summed E-state index contributed by atoms with van der Waals surface area (Å²) in [5, 5.41) is 11.8. The van der Waals surface area contributed by atoms with Gasteiger partial charge in [-0.05, 0) is 31.7 Å². The molecule has 5 nitrogen and oxygen atoms in total. The molecule has 1 aromatic rings. The number of carboxylic acids is 1. The van der Waals surface area contributed by atoms with Crippen molar-refractivity contribution in [3.63, 3.8) is 0 Å². The molecule has 1 aliphatic heterocycles. The Morgan fingerprint density at radius 2 is 1.86 bits per heavy atom. The van der Waals surface area contributed by atoms with Gasteiger partial charge in [0.2, 0.25) is 0 Å². The maximum Gasteiger partial charge on any atom is 0.317 e. The van der Waals surface area contributed by atoms with Gasteiger partial charge in [0.05, 0.1) is 5.92 Å². The summed E-state index contributed by atoms with van der Waals surface area (Å²) in [4.78, 5) is 24.6. The minimum atomic E-state index is -0.755. The van der Waals surface area contributed by atoms with E-state index in [4.69, 9.17) is 5.11 Å². The summed E-state index contributed by atoms with van der Waals surface area (Å²) in [7, 11) is 0. The molecule has 1 saturated heterocycles. The Morgan fingerprint density at radius 3 is 2.43 bits per heavy atom. The van der Waals surface area contributed by atoms with Crippen LogP contribution in [0.4, 0.5) is 4.79 Å². The Hall–Kier alpha value is -2.04. The van der Waals surface area contributed by atoms with Gasteiger partial charge in [-0.25, -0.2) is 4.79 Å². The summed E-state index contributed by atoms with van der Waals surface area (Å²) in [6, 6.07) is 8.17. The molecule has 0 unspecified atom stereocenters. The minimum Gasteiger partial charge on any atom is -0.481 e. The van der Waals surface area contributed by atoms with Crippen molar-refractivity contribution in [2.75, 3.05) is 19.6 Å². The Bertz CT molecular complexity index is 491. The van der Waals surface area contributed by atoms with E-state index in [1.165, 1.54) is 11.1 Å². The predicted octanol–water partition coefficient (Wildman–Crippen LogP) is 2.04. The van der Waals surface area contributed by atoms with Crippen LogP contribution in [0.15, 0.2) is 24.3 Å². The monoisotopic (exact) mass is 290 g/mol. The number of amides is 2. The normalized spacial score (nSPS) is 15.8. The lowest BCUT2D eigenvalue weighted by Crippen LogP contribution is -2.45.